The first-order valence-electron chi connectivity index (χ1n) is 5.71. The molecule has 1 N–H and O–H groups in total. The summed E-state index contributed by atoms with van der Waals surface area (Å²) in [4.78, 5) is 14.2. The van der Waals surface area contributed by atoms with Gasteiger partial charge in [-0.15, -0.1) is 0 Å². The molecule has 0 saturated heterocycles. The summed E-state index contributed by atoms with van der Waals surface area (Å²) in [7, 11) is 0. The molecule has 0 unspecified atom stereocenters. The molecule has 0 spiro atoms. The summed E-state index contributed by atoms with van der Waals surface area (Å²) in [6.07, 6.45) is -4.57. The summed E-state index contributed by atoms with van der Waals surface area (Å²) in [5.74, 6) is 0.458. The Kier molecular flexibility index (Phi) is 3.26. The van der Waals surface area contributed by atoms with Crippen molar-refractivity contribution >= 4 is 10.9 Å². The molecule has 0 aliphatic heterocycles. The van der Waals surface area contributed by atoms with E-state index in [4.69, 9.17) is 4.74 Å². The summed E-state index contributed by atoms with van der Waals surface area (Å²) in [6, 6.07) is 4.39. The summed E-state index contributed by atoms with van der Waals surface area (Å²) in [6.45, 7) is 3.36. The molecule has 19 heavy (non-hydrogen) atoms. The standard InChI is InChI=1S/C13H12F3NO2/c1-3-19-8-4-5-10-9(6-8)11(18)7(2)12(17-10)13(14,15)16/h4-6H,3H2,1-2H3,(H,17,18). The second-order valence-electron chi connectivity index (χ2n) is 4.09. The van der Waals surface area contributed by atoms with Crippen molar-refractivity contribution in [2.24, 2.45) is 0 Å². The molecule has 2 aromatic rings. The number of benzene rings is 1. The summed E-state index contributed by atoms with van der Waals surface area (Å²) < 4.78 is 43.5. The number of halogens is 3. The lowest BCUT2D eigenvalue weighted by Crippen LogP contribution is -2.18. The second kappa shape index (κ2) is 4.60. The molecule has 1 heterocycles. The van der Waals surface area contributed by atoms with Gasteiger partial charge in [0, 0.05) is 16.5 Å². The van der Waals surface area contributed by atoms with Gasteiger partial charge in [-0.3, -0.25) is 4.79 Å². The molecule has 0 aliphatic carbocycles. The monoisotopic (exact) mass is 271 g/mol. The molecular weight excluding hydrogens is 259 g/mol. The van der Waals surface area contributed by atoms with E-state index in [-0.39, 0.29) is 16.5 Å². The van der Waals surface area contributed by atoms with Crippen LogP contribution in [0.25, 0.3) is 10.9 Å². The predicted molar refractivity (Wildman–Crippen MR) is 65.5 cm³/mol. The Labute approximate surface area is 107 Å². The number of aromatic nitrogens is 1. The van der Waals surface area contributed by atoms with Gasteiger partial charge in [-0.1, -0.05) is 0 Å². The zero-order chi connectivity index (χ0) is 14.2. The van der Waals surface area contributed by atoms with Gasteiger partial charge in [0.25, 0.3) is 0 Å². The molecule has 0 radical (unpaired) electrons. The molecule has 3 nitrogen and oxygen atoms in total. The third-order valence-corrected chi connectivity index (χ3v) is 2.81. The van der Waals surface area contributed by atoms with Crippen LogP contribution in [0.1, 0.15) is 18.2 Å². The van der Waals surface area contributed by atoms with Crippen LogP contribution in [0.2, 0.25) is 0 Å². The lowest BCUT2D eigenvalue weighted by molar-refractivity contribution is -0.141. The summed E-state index contributed by atoms with van der Waals surface area (Å²) in [5, 5.41) is 0.191. The Balaban J connectivity index is 2.73. The van der Waals surface area contributed by atoms with E-state index in [0.29, 0.717) is 12.4 Å². The van der Waals surface area contributed by atoms with E-state index in [1.807, 2.05) is 0 Å². The molecular formula is C13H12F3NO2. The number of nitrogens with one attached hydrogen (secondary N) is 1. The zero-order valence-electron chi connectivity index (χ0n) is 10.4. The van der Waals surface area contributed by atoms with Crippen LogP contribution in [0, 0.1) is 6.92 Å². The molecule has 0 saturated carbocycles. The van der Waals surface area contributed by atoms with Crippen LogP contribution in [0.4, 0.5) is 13.2 Å². The Morgan fingerprint density at radius 3 is 2.58 bits per heavy atom. The topological polar surface area (TPSA) is 42.1 Å². The normalized spacial score (nSPS) is 11.8. The smallest absolute Gasteiger partial charge is 0.431 e. The first-order chi connectivity index (χ1) is 8.84. The van der Waals surface area contributed by atoms with Crippen molar-refractivity contribution in [3.05, 3.63) is 39.7 Å². The average Bonchev–Trinajstić information content (AvgIpc) is 2.33. The quantitative estimate of drug-likeness (QED) is 0.911. The minimum Gasteiger partial charge on any atom is -0.494 e. The third kappa shape index (κ3) is 2.43. The average molecular weight is 271 g/mol. The Hall–Kier alpha value is -1.98. The Morgan fingerprint density at radius 2 is 2.00 bits per heavy atom. The molecule has 1 aromatic heterocycles. The number of alkyl halides is 3. The van der Waals surface area contributed by atoms with Crippen LogP contribution in [0.5, 0.6) is 5.75 Å². The highest BCUT2D eigenvalue weighted by atomic mass is 19.4. The van der Waals surface area contributed by atoms with E-state index < -0.39 is 17.3 Å². The van der Waals surface area contributed by atoms with Crippen molar-refractivity contribution in [3.63, 3.8) is 0 Å². The molecule has 0 fully saturated rings. The van der Waals surface area contributed by atoms with Crippen LogP contribution in [-0.2, 0) is 6.18 Å². The number of hydrogen-bond acceptors (Lipinski definition) is 2. The van der Waals surface area contributed by atoms with E-state index in [2.05, 4.69) is 4.98 Å². The maximum absolute atomic E-state index is 12.8. The summed E-state index contributed by atoms with van der Waals surface area (Å²) >= 11 is 0. The first-order valence-corrected chi connectivity index (χ1v) is 5.71. The molecule has 2 rings (SSSR count). The van der Waals surface area contributed by atoms with Gasteiger partial charge in [0.05, 0.1) is 6.61 Å². The SMILES string of the molecule is CCOc1ccc2[nH]c(C(F)(F)F)c(C)c(=O)c2c1. The van der Waals surface area contributed by atoms with Crippen LogP contribution in [0.15, 0.2) is 23.0 Å². The maximum atomic E-state index is 12.8. The van der Waals surface area contributed by atoms with Gasteiger partial charge in [0.2, 0.25) is 0 Å². The van der Waals surface area contributed by atoms with Gasteiger partial charge in [-0.2, -0.15) is 13.2 Å². The van der Waals surface area contributed by atoms with Gasteiger partial charge in [0.15, 0.2) is 5.43 Å². The van der Waals surface area contributed by atoms with E-state index in [0.717, 1.165) is 6.92 Å². The molecule has 0 atom stereocenters. The lowest BCUT2D eigenvalue weighted by atomic mass is 10.1. The lowest BCUT2D eigenvalue weighted by Gasteiger charge is -2.12. The van der Waals surface area contributed by atoms with Crippen molar-refractivity contribution in [3.8, 4) is 5.75 Å². The van der Waals surface area contributed by atoms with Gasteiger partial charge in [-0.25, -0.2) is 0 Å². The zero-order valence-corrected chi connectivity index (χ0v) is 10.4. The minimum atomic E-state index is -4.57. The van der Waals surface area contributed by atoms with E-state index in [1.54, 1.807) is 6.92 Å². The van der Waals surface area contributed by atoms with Crippen molar-refractivity contribution in [1.82, 2.24) is 4.98 Å². The fourth-order valence-electron chi connectivity index (χ4n) is 1.90. The molecule has 0 bridgehead atoms. The molecule has 6 heteroatoms. The largest absolute Gasteiger partial charge is 0.494 e. The summed E-state index contributed by atoms with van der Waals surface area (Å²) in [5.41, 5.74) is -1.84. The van der Waals surface area contributed by atoms with Crippen LogP contribution < -0.4 is 10.2 Å². The van der Waals surface area contributed by atoms with Crippen molar-refractivity contribution < 1.29 is 17.9 Å². The van der Waals surface area contributed by atoms with E-state index in [1.165, 1.54) is 18.2 Å². The second-order valence-corrected chi connectivity index (χ2v) is 4.09. The molecule has 1 aromatic carbocycles. The van der Waals surface area contributed by atoms with E-state index in [9.17, 15) is 18.0 Å². The first kappa shape index (κ1) is 13.5. The third-order valence-electron chi connectivity index (χ3n) is 2.81. The van der Waals surface area contributed by atoms with Gasteiger partial charge >= 0.3 is 6.18 Å². The highest BCUT2D eigenvalue weighted by Gasteiger charge is 2.34. The number of hydrogen-bond donors (Lipinski definition) is 1. The predicted octanol–water partition coefficient (Wildman–Crippen LogP) is 3.25. The highest BCUT2D eigenvalue weighted by molar-refractivity contribution is 5.81. The van der Waals surface area contributed by atoms with Gasteiger partial charge in [-0.05, 0) is 32.0 Å². The number of rotatable bonds is 2. The molecule has 0 amide bonds. The maximum Gasteiger partial charge on any atom is 0.431 e. The van der Waals surface area contributed by atoms with Crippen molar-refractivity contribution in [2.45, 2.75) is 20.0 Å². The fourth-order valence-corrected chi connectivity index (χ4v) is 1.90. The number of fused-ring (bicyclic) bond motifs is 1. The van der Waals surface area contributed by atoms with Crippen molar-refractivity contribution in [1.29, 1.82) is 0 Å². The van der Waals surface area contributed by atoms with E-state index >= 15 is 0 Å². The van der Waals surface area contributed by atoms with Gasteiger partial charge < -0.3 is 9.72 Å². The number of H-pyrrole nitrogens is 1. The van der Waals surface area contributed by atoms with Crippen LogP contribution in [-0.4, -0.2) is 11.6 Å². The van der Waals surface area contributed by atoms with Crippen molar-refractivity contribution in [2.75, 3.05) is 6.61 Å². The molecule has 102 valence electrons. The Morgan fingerprint density at radius 1 is 1.32 bits per heavy atom. The number of pyridine rings is 1. The minimum absolute atomic E-state index is 0.145. The van der Waals surface area contributed by atoms with Crippen LogP contribution in [0.3, 0.4) is 0 Å². The fraction of sp³-hybridized carbons (Fsp3) is 0.308. The Bertz CT molecular complexity index is 674. The molecule has 0 aliphatic rings. The highest BCUT2D eigenvalue weighted by Crippen LogP contribution is 2.30. The van der Waals surface area contributed by atoms with Gasteiger partial charge in [0.1, 0.15) is 11.4 Å². The number of aromatic amines is 1. The van der Waals surface area contributed by atoms with Crippen LogP contribution >= 0.6 is 0 Å². The number of ether oxygens (including phenoxy) is 1.